The molecule has 0 radical (unpaired) electrons. The third kappa shape index (κ3) is 3.95. The number of hydrogen-bond donors (Lipinski definition) is 3. The van der Waals surface area contributed by atoms with Crippen molar-refractivity contribution in [3.05, 3.63) is 5.01 Å². The summed E-state index contributed by atoms with van der Waals surface area (Å²) >= 11 is 1.22. The second-order valence-electron chi connectivity index (χ2n) is 4.86. The van der Waals surface area contributed by atoms with Crippen molar-refractivity contribution >= 4 is 28.5 Å². The van der Waals surface area contributed by atoms with Crippen LogP contribution in [0.1, 0.15) is 25.8 Å². The predicted octanol–water partition coefficient (Wildman–Crippen LogP) is 1.47. The number of aryl methyl sites for hydroxylation is 1. The standard InChI is InChI=1S/C10H16N4O3S/c1-5-13-14-9(18-5)12-8(17)11-6(7(15)16)10(2,3)4/h6H,1-4H3,(H,15,16)(H2,11,12,14,17)/t6-/m0/s1. The number of carbonyl (C=O) groups excluding carboxylic acids is 1. The van der Waals surface area contributed by atoms with E-state index in [9.17, 15) is 9.59 Å². The Labute approximate surface area is 109 Å². The fraction of sp³-hybridized carbons (Fsp3) is 0.600. The number of aliphatic carboxylic acids is 1. The van der Waals surface area contributed by atoms with Gasteiger partial charge in [0.2, 0.25) is 5.13 Å². The highest BCUT2D eigenvalue weighted by Crippen LogP contribution is 2.20. The molecule has 18 heavy (non-hydrogen) atoms. The molecule has 1 aromatic heterocycles. The van der Waals surface area contributed by atoms with Gasteiger partial charge in [0, 0.05) is 0 Å². The summed E-state index contributed by atoms with van der Waals surface area (Å²) in [6.45, 7) is 6.97. The molecule has 0 fully saturated rings. The molecular weight excluding hydrogens is 256 g/mol. The number of hydrogen-bond acceptors (Lipinski definition) is 5. The highest BCUT2D eigenvalue weighted by Gasteiger charge is 2.32. The van der Waals surface area contributed by atoms with Crippen LogP contribution in [0, 0.1) is 12.3 Å². The van der Waals surface area contributed by atoms with E-state index in [4.69, 9.17) is 5.11 Å². The lowest BCUT2D eigenvalue weighted by Crippen LogP contribution is -2.50. The monoisotopic (exact) mass is 272 g/mol. The SMILES string of the molecule is Cc1nnc(NC(=O)N[C@@H](C(=O)O)C(C)(C)C)s1. The van der Waals surface area contributed by atoms with Crippen LogP contribution in [0.2, 0.25) is 0 Å². The Morgan fingerprint density at radius 2 is 1.94 bits per heavy atom. The Hall–Kier alpha value is -1.70. The van der Waals surface area contributed by atoms with Gasteiger partial charge >= 0.3 is 12.0 Å². The molecular formula is C10H16N4O3S. The van der Waals surface area contributed by atoms with Gasteiger partial charge in [-0.25, -0.2) is 9.59 Å². The van der Waals surface area contributed by atoms with Crippen LogP contribution in [0.3, 0.4) is 0 Å². The van der Waals surface area contributed by atoms with Crippen LogP contribution in [-0.2, 0) is 4.79 Å². The first-order chi connectivity index (χ1) is 8.20. The highest BCUT2D eigenvalue weighted by molar-refractivity contribution is 7.15. The summed E-state index contributed by atoms with van der Waals surface area (Å²) in [5.74, 6) is -1.08. The summed E-state index contributed by atoms with van der Waals surface area (Å²) < 4.78 is 0. The number of nitrogens with zero attached hydrogens (tertiary/aromatic N) is 2. The molecule has 0 saturated heterocycles. The molecule has 1 heterocycles. The summed E-state index contributed by atoms with van der Waals surface area (Å²) in [7, 11) is 0. The number of carboxylic acids is 1. The molecule has 1 atom stereocenters. The molecule has 0 saturated carbocycles. The van der Waals surface area contributed by atoms with Gasteiger partial charge in [-0.1, -0.05) is 32.1 Å². The average molecular weight is 272 g/mol. The van der Waals surface area contributed by atoms with Crippen LogP contribution in [0.4, 0.5) is 9.93 Å². The van der Waals surface area contributed by atoms with E-state index in [1.54, 1.807) is 27.7 Å². The largest absolute Gasteiger partial charge is 0.480 e. The van der Waals surface area contributed by atoms with Gasteiger partial charge < -0.3 is 10.4 Å². The maximum atomic E-state index is 11.6. The Balaban J connectivity index is 2.65. The molecule has 0 bridgehead atoms. The zero-order chi connectivity index (χ0) is 13.9. The molecule has 0 aromatic carbocycles. The Morgan fingerprint density at radius 3 is 2.33 bits per heavy atom. The van der Waals surface area contributed by atoms with Gasteiger partial charge in [-0.2, -0.15) is 0 Å². The van der Waals surface area contributed by atoms with Crippen LogP contribution in [0.5, 0.6) is 0 Å². The Bertz CT molecular complexity index is 452. The van der Waals surface area contributed by atoms with E-state index >= 15 is 0 Å². The van der Waals surface area contributed by atoms with E-state index in [0.29, 0.717) is 5.13 Å². The number of amides is 2. The van der Waals surface area contributed by atoms with Crippen molar-refractivity contribution in [2.75, 3.05) is 5.32 Å². The minimum Gasteiger partial charge on any atom is -0.480 e. The molecule has 2 amide bonds. The van der Waals surface area contributed by atoms with Crippen LogP contribution >= 0.6 is 11.3 Å². The highest BCUT2D eigenvalue weighted by atomic mass is 32.1. The van der Waals surface area contributed by atoms with E-state index in [1.165, 1.54) is 11.3 Å². The van der Waals surface area contributed by atoms with Crippen molar-refractivity contribution in [1.82, 2.24) is 15.5 Å². The fourth-order valence-electron chi connectivity index (χ4n) is 1.26. The number of anilines is 1. The lowest BCUT2D eigenvalue weighted by Gasteiger charge is -2.27. The summed E-state index contributed by atoms with van der Waals surface area (Å²) in [5, 5.41) is 22.4. The normalized spacial score (nSPS) is 12.9. The number of rotatable bonds is 3. The smallest absolute Gasteiger partial charge is 0.326 e. The molecule has 0 aliphatic heterocycles. The summed E-state index contributed by atoms with van der Waals surface area (Å²) in [6, 6.07) is -1.58. The second-order valence-corrected chi connectivity index (χ2v) is 6.04. The Morgan fingerprint density at radius 1 is 1.33 bits per heavy atom. The molecule has 0 aliphatic rings. The van der Waals surface area contributed by atoms with Crippen LogP contribution < -0.4 is 10.6 Å². The molecule has 3 N–H and O–H groups in total. The first kappa shape index (κ1) is 14.4. The zero-order valence-electron chi connectivity index (χ0n) is 10.6. The lowest BCUT2D eigenvalue weighted by atomic mass is 9.87. The third-order valence-electron chi connectivity index (χ3n) is 2.13. The number of carbonyl (C=O) groups is 2. The van der Waals surface area contributed by atoms with Gasteiger partial charge in [0.1, 0.15) is 11.0 Å². The summed E-state index contributed by atoms with van der Waals surface area (Å²) in [5.41, 5.74) is -0.583. The van der Waals surface area contributed by atoms with Crippen LogP contribution in [0.15, 0.2) is 0 Å². The number of urea groups is 1. The first-order valence-electron chi connectivity index (χ1n) is 5.30. The Kier molecular flexibility index (Phi) is 4.23. The van der Waals surface area contributed by atoms with Gasteiger partial charge in [-0.3, -0.25) is 5.32 Å². The van der Waals surface area contributed by atoms with Gasteiger partial charge in [0.05, 0.1) is 0 Å². The molecule has 1 rings (SSSR count). The first-order valence-corrected chi connectivity index (χ1v) is 6.12. The van der Waals surface area contributed by atoms with Crippen molar-refractivity contribution in [3.63, 3.8) is 0 Å². The van der Waals surface area contributed by atoms with E-state index < -0.39 is 23.5 Å². The molecule has 7 nitrogen and oxygen atoms in total. The fourth-order valence-corrected chi connectivity index (χ4v) is 1.85. The molecule has 100 valence electrons. The van der Waals surface area contributed by atoms with Crippen LogP contribution in [0.25, 0.3) is 0 Å². The third-order valence-corrected chi connectivity index (χ3v) is 2.89. The maximum absolute atomic E-state index is 11.6. The zero-order valence-corrected chi connectivity index (χ0v) is 11.5. The maximum Gasteiger partial charge on any atom is 0.326 e. The number of nitrogens with one attached hydrogen (secondary N) is 2. The van der Waals surface area contributed by atoms with Crippen LogP contribution in [-0.4, -0.2) is 33.3 Å². The van der Waals surface area contributed by atoms with Gasteiger partial charge in [-0.15, -0.1) is 10.2 Å². The van der Waals surface area contributed by atoms with Crippen molar-refractivity contribution < 1.29 is 14.7 Å². The van der Waals surface area contributed by atoms with Crippen molar-refractivity contribution in [2.45, 2.75) is 33.7 Å². The molecule has 1 aromatic rings. The molecule has 0 spiro atoms. The lowest BCUT2D eigenvalue weighted by molar-refractivity contribution is -0.141. The minimum atomic E-state index is -1.08. The van der Waals surface area contributed by atoms with E-state index in [1.807, 2.05) is 0 Å². The summed E-state index contributed by atoms with van der Waals surface area (Å²) in [6.07, 6.45) is 0. The molecule has 0 aliphatic carbocycles. The van der Waals surface area contributed by atoms with Crippen molar-refractivity contribution in [1.29, 1.82) is 0 Å². The molecule has 8 heteroatoms. The number of carboxylic acid groups (broad SMARTS) is 1. The average Bonchev–Trinajstić information content (AvgIpc) is 2.58. The van der Waals surface area contributed by atoms with E-state index in [0.717, 1.165) is 5.01 Å². The topological polar surface area (TPSA) is 104 Å². The van der Waals surface area contributed by atoms with Gasteiger partial charge in [0.25, 0.3) is 0 Å². The predicted molar refractivity (Wildman–Crippen MR) is 67.7 cm³/mol. The molecule has 0 unspecified atom stereocenters. The van der Waals surface area contributed by atoms with E-state index in [2.05, 4.69) is 20.8 Å². The van der Waals surface area contributed by atoms with Gasteiger partial charge in [-0.05, 0) is 12.3 Å². The second kappa shape index (κ2) is 5.30. The number of aromatic nitrogens is 2. The minimum absolute atomic E-state index is 0.336. The van der Waals surface area contributed by atoms with Gasteiger partial charge in [0.15, 0.2) is 0 Å². The summed E-state index contributed by atoms with van der Waals surface area (Å²) in [4.78, 5) is 22.7. The quantitative estimate of drug-likeness (QED) is 0.772. The van der Waals surface area contributed by atoms with E-state index in [-0.39, 0.29) is 0 Å². The van der Waals surface area contributed by atoms with Crippen molar-refractivity contribution in [3.8, 4) is 0 Å². The van der Waals surface area contributed by atoms with Crippen molar-refractivity contribution in [2.24, 2.45) is 5.41 Å².